The van der Waals surface area contributed by atoms with Gasteiger partial charge < -0.3 is 14.7 Å². The Morgan fingerprint density at radius 3 is 2.76 bits per heavy atom. The van der Waals surface area contributed by atoms with Crippen LogP contribution in [0.4, 0.5) is 4.39 Å². The largest absolute Gasteiger partial charge is 0.490 e. The number of rotatable bonds is 7. The number of carbonyl (C=O) groups is 1. The van der Waals surface area contributed by atoms with Crippen molar-refractivity contribution in [1.82, 2.24) is 15.1 Å². The fourth-order valence-corrected chi connectivity index (χ4v) is 3.98. The fourth-order valence-electron chi connectivity index (χ4n) is 3.98. The number of aromatic amines is 1. The number of nitrogens with zero attached hydrogens (tertiary/aromatic N) is 2. The van der Waals surface area contributed by atoms with Gasteiger partial charge in [0, 0.05) is 30.1 Å². The summed E-state index contributed by atoms with van der Waals surface area (Å²) in [7, 11) is 1.74. The van der Waals surface area contributed by atoms with Gasteiger partial charge in [-0.25, -0.2) is 4.39 Å². The third-order valence-corrected chi connectivity index (χ3v) is 5.90. The van der Waals surface area contributed by atoms with E-state index in [2.05, 4.69) is 10.2 Å². The number of nitrogens with one attached hydrogen (secondary N) is 1. The van der Waals surface area contributed by atoms with Crippen molar-refractivity contribution in [3.8, 4) is 16.9 Å². The van der Waals surface area contributed by atoms with Gasteiger partial charge in [-0.3, -0.25) is 9.89 Å². The van der Waals surface area contributed by atoms with Crippen LogP contribution in [0.5, 0.6) is 5.75 Å². The Morgan fingerprint density at radius 2 is 2.00 bits per heavy atom. The standard InChI is InChI=1S/C26H24FN3O3/c1-30(14-18-5-6-19(15-31)23-13-28-29-25(18)23)26(32)17-7-10-22(16-3-2-4-20(27)11-16)24(12-17)33-21-8-9-21/h2-7,10-13,21,31H,8-9,14-15H2,1H3,(H,28,29). The van der Waals surface area contributed by atoms with Crippen molar-refractivity contribution in [2.45, 2.75) is 32.1 Å². The molecule has 0 unspecified atom stereocenters. The Labute approximate surface area is 190 Å². The van der Waals surface area contributed by atoms with Gasteiger partial charge in [0.15, 0.2) is 0 Å². The lowest BCUT2D eigenvalue weighted by molar-refractivity contribution is 0.0785. The van der Waals surface area contributed by atoms with Crippen LogP contribution in [0.1, 0.15) is 34.3 Å². The number of hydrogen-bond donors (Lipinski definition) is 2. The maximum absolute atomic E-state index is 13.8. The van der Waals surface area contributed by atoms with Crippen molar-refractivity contribution in [1.29, 1.82) is 0 Å². The third-order valence-electron chi connectivity index (χ3n) is 5.90. The van der Waals surface area contributed by atoms with E-state index >= 15 is 0 Å². The third kappa shape index (κ3) is 4.32. The van der Waals surface area contributed by atoms with E-state index in [0.29, 0.717) is 23.4 Å². The van der Waals surface area contributed by atoms with Crippen molar-refractivity contribution >= 4 is 16.8 Å². The number of aromatic nitrogens is 2. The number of ether oxygens (including phenoxy) is 1. The Hall–Kier alpha value is -3.71. The van der Waals surface area contributed by atoms with E-state index in [1.54, 1.807) is 36.3 Å². The first kappa shape index (κ1) is 21.2. The Morgan fingerprint density at radius 1 is 1.18 bits per heavy atom. The number of H-pyrrole nitrogens is 1. The van der Waals surface area contributed by atoms with Crippen molar-refractivity contribution < 1.29 is 19.0 Å². The minimum absolute atomic E-state index is 0.0769. The molecule has 1 aliphatic carbocycles. The zero-order valence-corrected chi connectivity index (χ0v) is 18.2. The first-order valence-electron chi connectivity index (χ1n) is 10.9. The number of fused-ring (bicyclic) bond motifs is 1. The highest BCUT2D eigenvalue weighted by atomic mass is 19.1. The minimum atomic E-state index is -0.318. The normalized spacial score (nSPS) is 13.3. The van der Waals surface area contributed by atoms with E-state index in [-0.39, 0.29) is 24.4 Å². The highest BCUT2D eigenvalue weighted by Gasteiger charge is 2.26. The number of aliphatic hydroxyl groups excluding tert-OH is 1. The quantitative estimate of drug-likeness (QED) is 0.433. The van der Waals surface area contributed by atoms with Gasteiger partial charge in [0.1, 0.15) is 11.6 Å². The SMILES string of the molecule is CN(Cc1ccc(CO)c2cn[nH]c12)C(=O)c1ccc(-c2cccc(F)c2)c(OC2CC2)c1. The first-order valence-corrected chi connectivity index (χ1v) is 10.9. The van der Waals surface area contributed by atoms with Crippen LogP contribution in [0, 0.1) is 5.82 Å². The zero-order valence-electron chi connectivity index (χ0n) is 18.2. The van der Waals surface area contributed by atoms with E-state index in [1.165, 1.54) is 12.1 Å². The first-order chi connectivity index (χ1) is 16.0. The summed E-state index contributed by atoms with van der Waals surface area (Å²) in [5, 5.41) is 17.4. The average Bonchev–Trinajstić information content (AvgIpc) is 3.49. The summed E-state index contributed by atoms with van der Waals surface area (Å²) in [5.41, 5.74) is 4.47. The molecule has 6 nitrogen and oxygen atoms in total. The van der Waals surface area contributed by atoms with Gasteiger partial charge in [-0.05, 0) is 59.9 Å². The van der Waals surface area contributed by atoms with Crippen LogP contribution in [-0.2, 0) is 13.2 Å². The summed E-state index contributed by atoms with van der Waals surface area (Å²) in [4.78, 5) is 14.9. The molecule has 0 radical (unpaired) electrons. The summed E-state index contributed by atoms with van der Waals surface area (Å²) in [6, 6.07) is 15.4. The number of aliphatic hydroxyl groups is 1. The number of hydrogen-bond acceptors (Lipinski definition) is 4. The van der Waals surface area contributed by atoms with Crippen LogP contribution in [0.15, 0.2) is 60.8 Å². The number of halogens is 1. The van der Waals surface area contributed by atoms with Crippen molar-refractivity contribution in [3.05, 3.63) is 83.3 Å². The molecule has 1 amide bonds. The minimum Gasteiger partial charge on any atom is -0.490 e. The molecular formula is C26H24FN3O3. The molecule has 1 aliphatic rings. The average molecular weight is 445 g/mol. The Bertz CT molecular complexity index is 1330. The molecule has 0 bridgehead atoms. The molecule has 0 saturated heterocycles. The lowest BCUT2D eigenvalue weighted by Gasteiger charge is -2.19. The number of carbonyl (C=O) groups excluding carboxylic acids is 1. The molecule has 3 aromatic carbocycles. The van der Waals surface area contributed by atoms with Gasteiger partial charge in [0.25, 0.3) is 5.91 Å². The van der Waals surface area contributed by atoms with Crippen LogP contribution >= 0.6 is 0 Å². The zero-order chi connectivity index (χ0) is 22.9. The van der Waals surface area contributed by atoms with Crippen LogP contribution in [0.25, 0.3) is 22.0 Å². The van der Waals surface area contributed by atoms with E-state index in [0.717, 1.165) is 40.4 Å². The molecule has 0 spiro atoms. The summed E-state index contributed by atoms with van der Waals surface area (Å²) in [6.07, 6.45) is 3.77. The van der Waals surface area contributed by atoms with Crippen LogP contribution in [0.2, 0.25) is 0 Å². The summed E-state index contributed by atoms with van der Waals surface area (Å²) in [5.74, 6) is 0.119. The molecule has 5 rings (SSSR count). The summed E-state index contributed by atoms with van der Waals surface area (Å²) < 4.78 is 19.9. The van der Waals surface area contributed by atoms with E-state index in [1.807, 2.05) is 24.3 Å². The van der Waals surface area contributed by atoms with Crippen molar-refractivity contribution in [2.75, 3.05) is 7.05 Å². The van der Waals surface area contributed by atoms with Crippen molar-refractivity contribution in [2.24, 2.45) is 0 Å². The summed E-state index contributed by atoms with van der Waals surface area (Å²) >= 11 is 0. The predicted molar refractivity (Wildman–Crippen MR) is 123 cm³/mol. The molecule has 7 heteroatoms. The van der Waals surface area contributed by atoms with Gasteiger partial charge in [-0.15, -0.1) is 0 Å². The Balaban J connectivity index is 1.43. The maximum Gasteiger partial charge on any atom is 0.254 e. The highest BCUT2D eigenvalue weighted by molar-refractivity contribution is 5.96. The van der Waals surface area contributed by atoms with Gasteiger partial charge >= 0.3 is 0 Å². The van der Waals surface area contributed by atoms with Crippen LogP contribution in [-0.4, -0.2) is 39.3 Å². The maximum atomic E-state index is 13.8. The van der Waals surface area contributed by atoms with Crippen LogP contribution < -0.4 is 4.74 Å². The fraction of sp³-hybridized carbons (Fsp3) is 0.231. The molecule has 168 valence electrons. The lowest BCUT2D eigenvalue weighted by atomic mass is 10.0. The predicted octanol–water partition coefficient (Wildman–Crippen LogP) is 4.67. The van der Waals surface area contributed by atoms with Gasteiger partial charge in [-0.2, -0.15) is 5.10 Å². The lowest BCUT2D eigenvalue weighted by Crippen LogP contribution is -2.26. The van der Waals surface area contributed by atoms with Gasteiger partial charge in [-0.1, -0.05) is 24.3 Å². The van der Waals surface area contributed by atoms with E-state index in [9.17, 15) is 14.3 Å². The molecule has 1 fully saturated rings. The summed E-state index contributed by atoms with van der Waals surface area (Å²) in [6.45, 7) is 0.292. The van der Waals surface area contributed by atoms with Gasteiger partial charge in [0.05, 0.1) is 24.4 Å². The molecule has 33 heavy (non-hydrogen) atoms. The molecule has 1 heterocycles. The molecule has 1 aromatic heterocycles. The molecule has 4 aromatic rings. The molecule has 1 saturated carbocycles. The van der Waals surface area contributed by atoms with Crippen molar-refractivity contribution in [3.63, 3.8) is 0 Å². The smallest absolute Gasteiger partial charge is 0.254 e. The highest BCUT2D eigenvalue weighted by Crippen LogP contribution is 2.36. The second-order valence-electron chi connectivity index (χ2n) is 8.40. The Kier molecular flexibility index (Phi) is 5.56. The van der Waals surface area contributed by atoms with Crippen LogP contribution in [0.3, 0.4) is 0 Å². The monoisotopic (exact) mass is 445 g/mol. The molecule has 0 aliphatic heterocycles. The number of amides is 1. The molecule has 0 atom stereocenters. The molecular weight excluding hydrogens is 421 g/mol. The number of benzene rings is 3. The topological polar surface area (TPSA) is 78.5 Å². The second-order valence-corrected chi connectivity index (χ2v) is 8.40. The van der Waals surface area contributed by atoms with Gasteiger partial charge in [0.2, 0.25) is 0 Å². The van der Waals surface area contributed by atoms with E-state index < -0.39 is 0 Å². The molecule has 2 N–H and O–H groups in total. The van der Waals surface area contributed by atoms with E-state index in [4.69, 9.17) is 4.74 Å². The second kappa shape index (κ2) is 8.67.